The number of phenolic OH excluding ortho intramolecular Hbond substituents is 1. The maximum Gasteiger partial charge on any atom is 0.212 e. The van der Waals surface area contributed by atoms with Gasteiger partial charge in [0.25, 0.3) is 0 Å². The Labute approximate surface area is 90.2 Å². The summed E-state index contributed by atoms with van der Waals surface area (Å²) in [6, 6.07) is 6.83. The highest BCUT2D eigenvalue weighted by Gasteiger charge is 2.04. The highest BCUT2D eigenvalue weighted by molar-refractivity contribution is 7.13. The summed E-state index contributed by atoms with van der Waals surface area (Å²) < 4.78 is 0. The first kappa shape index (κ1) is 9.67. The zero-order valence-electron chi connectivity index (χ0n) is 7.68. The Bertz CT molecular complexity index is 482. The molecule has 0 unspecified atom stereocenters. The Hall–Kier alpha value is -1.88. The molecule has 76 valence electrons. The van der Waals surface area contributed by atoms with Crippen molar-refractivity contribution in [2.75, 3.05) is 5.32 Å². The summed E-state index contributed by atoms with van der Waals surface area (Å²) in [6.45, 7) is 0. The maximum atomic E-state index is 10.2. The van der Waals surface area contributed by atoms with Gasteiger partial charge in [-0.05, 0) is 12.1 Å². The van der Waals surface area contributed by atoms with E-state index < -0.39 is 0 Å². The molecule has 0 bridgehead atoms. The zero-order chi connectivity index (χ0) is 10.7. The van der Waals surface area contributed by atoms with Crippen LogP contribution in [0.3, 0.4) is 0 Å². The molecule has 0 saturated carbocycles. The summed E-state index contributed by atoms with van der Waals surface area (Å²) in [5.41, 5.74) is 0.832. The standard InChI is InChI=1S/C10H8N2O2S/c13-6-11-9-5-15-10(12-9)7-2-1-3-8(14)4-7/h1-6,14H,(H,11,13). The summed E-state index contributed by atoms with van der Waals surface area (Å²) in [5, 5.41) is 14.3. The van der Waals surface area contributed by atoms with E-state index in [9.17, 15) is 9.90 Å². The SMILES string of the molecule is O=CNc1csc(-c2cccc(O)c2)n1. The number of nitrogens with one attached hydrogen (secondary N) is 1. The monoisotopic (exact) mass is 220 g/mol. The van der Waals surface area contributed by atoms with Crippen molar-refractivity contribution >= 4 is 23.6 Å². The maximum absolute atomic E-state index is 10.2. The van der Waals surface area contributed by atoms with E-state index in [1.54, 1.807) is 23.6 Å². The lowest BCUT2D eigenvalue weighted by Gasteiger charge is -1.96. The van der Waals surface area contributed by atoms with Crippen molar-refractivity contribution < 1.29 is 9.90 Å². The molecule has 0 saturated heterocycles. The third-order valence-electron chi connectivity index (χ3n) is 1.80. The number of thiazole rings is 1. The van der Waals surface area contributed by atoms with Crippen molar-refractivity contribution in [3.05, 3.63) is 29.6 Å². The van der Waals surface area contributed by atoms with Gasteiger partial charge in [0.1, 0.15) is 16.6 Å². The largest absolute Gasteiger partial charge is 0.508 e. The number of rotatable bonds is 3. The Morgan fingerprint density at radius 1 is 1.47 bits per heavy atom. The van der Waals surface area contributed by atoms with Crippen LogP contribution in [0.25, 0.3) is 10.6 Å². The van der Waals surface area contributed by atoms with E-state index in [1.807, 2.05) is 6.07 Å². The van der Waals surface area contributed by atoms with Crippen molar-refractivity contribution in [3.63, 3.8) is 0 Å². The minimum Gasteiger partial charge on any atom is -0.508 e. The van der Waals surface area contributed by atoms with E-state index in [0.717, 1.165) is 10.6 Å². The summed E-state index contributed by atoms with van der Waals surface area (Å²) in [6.07, 6.45) is 0.585. The Morgan fingerprint density at radius 3 is 3.07 bits per heavy atom. The molecule has 0 spiro atoms. The smallest absolute Gasteiger partial charge is 0.212 e. The first-order valence-electron chi connectivity index (χ1n) is 4.25. The molecule has 1 aromatic heterocycles. The van der Waals surface area contributed by atoms with Crippen molar-refractivity contribution in [2.45, 2.75) is 0 Å². The fraction of sp³-hybridized carbons (Fsp3) is 0. The minimum absolute atomic E-state index is 0.201. The van der Waals surface area contributed by atoms with E-state index in [-0.39, 0.29) is 5.75 Å². The highest BCUT2D eigenvalue weighted by atomic mass is 32.1. The van der Waals surface area contributed by atoms with Crippen LogP contribution in [0.1, 0.15) is 0 Å². The lowest BCUT2D eigenvalue weighted by atomic mass is 10.2. The topological polar surface area (TPSA) is 62.2 Å². The predicted octanol–water partition coefficient (Wildman–Crippen LogP) is 2.08. The predicted molar refractivity (Wildman–Crippen MR) is 58.9 cm³/mol. The number of anilines is 1. The molecule has 15 heavy (non-hydrogen) atoms. The van der Waals surface area contributed by atoms with Crippen molar-refractivity contribution in [2.24, 2.45) is 0 Å². The van der Waals surface area contributed by atoms with E-state index in [4.69, 9.17) is 0 Å². The van der Waals surface area contributed by atoms with Crippen LogP contribution in [0.2, 0.25) is 0 Å². The first-order valence-corrected chi connectivity index (χ1v) is 5.12. The third-order valence-corrected chi connectivity index (χ3v) is 2.70. The van der Waals surface area contributed by atoms with Crippen LogP contribution in [0.15, 0.2) is 29.6 Å². The van der Waals surface area contributed by atoms with Crippen LogP contribution in [-0.2, 0) is 4.79 Å². The molecule has 0 aliphatic rings. The van der Waals surface area contributed by atoms with Crippen LogP contribution < -0.4 is 5.32 Å². The number of benzene rings is 1. The van der Waals surface area contributed by atoms with Crippen LogP contribution in [0, 0.1) is 0 Å². The number of carbonyl (C=O) groups excluding carboxylic acids is 1. The third kappa shape index (κ3) is 2.13. The van der Waals surface area contributed by atoms with Gasteiger partial charge in [-0.1, -0.05) is 12.1 Å². The number of nitrogens with zero attached hydrogens (tertiary/aromatic N) is 1. The fourth-order valence-electron chi connectivity index (χ4n) is 1.17. The molecule has 1 heterocycles. The average Bonchev–Trinajstić information content (AvgIpc) is 2.67. The van der Waals surface area contributed by atoms with Gasteiger partial charge in [0.05, 0.1) is 0 Å². The van der Waals surface area contributed by atoms with E-state index >= 15 is 0 Å². The lowest BCUT2D eigenvalue weighted by molar-refractivity contribution is -0.105. The van der Waals surface area contributed by atoms with Crippen LogP contribution in [0.4, 0.5) is 5.82 Å². The molecule has 1 aromatic carbocycles. The number of hydrogen-bond acceptors (Lipinski definition) is 4. The molecule has 0 fully saturated rings. The Balaban J connectivity index is 2.32. The molecule has 0 aliphatic heterocycles. The van der Waals surface area contributed by atoms with Gasteiger partial charge >= 0.3 is 0 Å². The molecule has 5 heteroatoms. The normalized spacial score (nSPS) is 9.87. The molecule has 1 amide bonds. The lowest BCUT2D eigenvalue weighted by Crippen LogP contribution is -1.92. The molecular formula is C10H8N2O2S. The van der Waals surface area contributed by atoms with Gasteiger partial charge in [-0.2, -0.15) is 0 Å². The van der Waals surface area contributed by atoms with E-state index in [1.165, 1.54) is 11.3 Å². The van der Waals surface area contributed by atoms with E-state index in [0.29, 0.717) is 12.2 Å². The van der Waals surface area contributed by atoms with Crippen molar-refractivity contribution in [3.8, 4) is 16.3 Å². The van der Waals surface area contributed by atoms with Crippen LogP contribution in [0.5, 0.6) is 5.75 Å². The van der Waals surface area contributed by atoms with Gasteiger partial charge in [-0.25, -0.2) is 4.98 Å². The van der Waals surface area contributed by atoms with Crippen molar-refractivity contribution in [1.29, 1.82) is 0 Å². The molecule has 2 rings (SSSR count). The average molecular weight is 220 g/mol. The molecule has 0 atom stereocenters. The number of aromatic hydroxyl groups is 1. The van der Waals surface area contributed by atoms with Gasteiger partial charge in [-0.15, -0.1) is 11.3 Å². The number of amides is 1. The number of carbonyl (C=O) groups is 1. The molecular weight excluding hydrogens is 212 g/mol. The minimum atomic E-state index is 0.201. The van der Waals surface area contributed by atoms with Gasteiger partial charge < -0.3 is 10.4 Å². The van der Waals surface area contributed by atoms with Crippen LogP contribution in [-0.4, -0.2) is 16.5 Å². The molecule has 4 nitrogen and oxygen atoms in total. The zero-order valence-corrected chi connectivity index (χ0v) is 8.49. The van der Waals surface area contributed by atoms with Gasteiger partial charge in [0.2, 0.25) is 6.41 Å². The number of phenols is 1. The molecule has 2 aromatic rings. The molecule has 2 N–H and O–H groups in total. The second kappa shape index (κ2) is 4.10. The Morgan fingerprint density at radius 2 is 2.33 bits per heavy atom. The summed E-state index contributed by atoms with van der Waals surface area (Å²) in [5.74, 6) is 0.723. The fourth-order valence-corrected chi connectivity index (χ4v) is 1.93. The van der Waals surface area contributed by atoms with E-state index in [2.05, 4.69) is 10.3 Å². The first-order chi connectivity index (χ1) is 7.29. The quantitative estimate of drug-likeness (QED) is 0.778. The second-order valence-corrected chi connectivity index (χ2v) is 3.71. The Kier molecular flexibility index (Phi) is 2.64. The summed E-state index contributed by atoms with van der Waals surface area (Å²) in [7, 11) is 0. The van der Waals surface area contributed by atoms with Gasteiger partial charge in [-0.3, -0.25) is 4.79 Å². The number of aromatic nitrogens is 1. The molecule has 0 radical (unpaired) electrons. The van der Waals surface area contributed by atoms with Gasteiger partial charge in [0.15, 0.2) is 0 Å². The summed E-state index contributed by atoms with van der Waals surface area (Å²) >= 11 is 1.41. The summed E-state index contributed by atoms with van der Waals surface area (Å²) in [4.78, 5) is 14.4. The van der Waals surface area contributed by atoms with Crippen molar-refractivity contribution in [1.82, 2.24) is 4.98 Å². The van der Waals surface area contributed by atoms with Gasteiger partial charge in [0, 0.05) is 10.9 Å². The van der Waals surface area contributed by atoms with Crippen LogP contribution >= 0.6 is 11.3 Å². The second-order valence-electron chi connectivity index (χ2n) is 2.85. The number of hydrogen-bond donors (Lipinski definition) is 2. The highest BCUT2D eigenvalue weighted by Crippen LogP contribution is 2.27. The molecule has 0 aliphatic carbocycles.